The number of aryl methyl sites for hydroxylation is 1. The molecule has 0 aliphatic rings. The first-order chi connectivity index (χ1) is 9.10. The number of hydrogen-bond donors (Lipinski definition) is 2. The van der Waals surface area contributed by atoms with Crippen LogP contribution in [0, 0.1) is 20.8 Å². The Labute approximate surface area is 114 Å². The van der Waals surface area contributed by atoms with E-state index in [4.69, 9.17) is 4.74 Å². The van der Waals surface area contributed by atoms with Crippen LogP contribution in [0.15, 0.2) is 12.1 Å². The lowest BCUT2D eigenvalue weighted by molar-refractivity contribution is 0.411. The summed E-state index contributed by atoms with van der Waals surface area (Å²) in [6.07, 6.45) is 0. The normalized spacial score (nSPS) is 10.8. The van der Waals surface area contributed by atoms with Crippen LogP contribution in [0.1, 0.15) is 22.5 Å². The van der Waals surface area contributed by atoms with Crippen LogP contribution in [0.5, 0.6) is 5.75 Å². The molecule has 102 valence electrons. The molecule has 1 aromatic heterocycles. The molecule has 0 fully saturated rings. The van der Waals surface area contributed by atoms with Crippen molar-refractivity contribution in [3.05, 3.63) is 34.6 Å². The fourth-order valence-electron chi connectivity index (χ4n) is 2.42. The van der Waals surface area contributed by atoms with E-state index in [0.717, 1.165) is 23.7 Å². The molecule has 0 bridgehead atoms. The Morgan fingerprint density at radius 1 is 1.21 bits per heavy atom. The maximum absolute atomic E-state index is 5.37. The topological polar surface area (TPSA) is 49.9 Å². The molecule has 4 heteroatoms. The summed E-state index contributed by atoms with van der Waals surface area (Å²) in [5.74, 6) is 0.928. The highest BCUT2D eigenvalue weighted by Crippen LogP contribution is 2.33. The van der Waals surface area contributed by atoms with Crippen LogP contribution in [0.25, 0.3) is 11.1 Å². The number of nitrogens with zero attached hydrogens (tertiary/aromatic N) is 1. The van der Waals surface area contributed by atoms with Crippen LogP contribution in [0.4, 0.5) is 0 Å². The Kier molecular flexibility index (Phi) is 3.90. The maximum atomic E-state index is 5.37. The summed E-state index contributed by atoms with van der Waals surface area (Å²) in [6.45, 7) is 7.03. The van der Waals surface area contributed by atoms with Crippen molar-refractivity contribution in [3.8, 4) is 16.9 Å². The zero-order valence-corrected chi connectivity index (χ0v) is 12.2. The largest absolute Gasteiger partial charge is 0.496 e. The fraction of sp³-hybridized carbons (Fsp3) is 0.400. The second-order valence-electron chi connectivity index (χ2n) is 4.77. The Hall–Kier alpha value is -1.81. The van der Waals surface area contributed by atoms with Gasteiger partial charge in [0.25, 0.3) is 0 Å². The van der Waals surface area contributed by atoms with Crippen LogP contribution < -0.4 is 10.1 Å². The van der Waals surface area contributed by atoms with Crippen molar-refractivity contribution in [1.29, 1.82) is 0 Å². The Morgan fingerprint density at radius 3 is 2.58 bits per heavy atom. The van der Waals surface area contributed by atoms with E-state index in [0.29, 0.717) is 0 Å². The van der Waals surface area contributed by atoms with Crippen LogP contribution in [-0.4, -0.2) is 24.4 Å². The minimum absolute atomic E-state index is 0.754. The molecule has 0 radical (unpaired) electrons. The van der Waals surface area contributed by atoms with Crippen molar-refractivity contribution in [1.82, 2.24) is 15.5 Å². The summed E-state index contributed by atoms with van der Waals surface area (Å²) >= 11 is 0. The van der Waals surface area contributed by atoms with Gasteiger partial charge in [-0.05, 0) is 50.6 Å². The van der Waals surface area contributed by atoms with Crippen molar-refractivity contribution in [2.24, 2.45) is 0 Å². The fourth-order valence-corrected chi connectivity index (χ4v) is 2.42. The first-order valence-corrected chi connectivity index (χ1v) is 6.43. The van der Waals surface area contributed by atoms with Gasteiger partial charge in [-0.25, -0.2) is 0 Å². The number of nitrogens with one attached hydrogen (secondary N) is 2. The molecule has 2 rings (SSSR count). The number of aromatic amines is 1. The van der Waals surface area contributed by atoms with Gasteiger partial charge in [0.1, 0.15) is 5.75 Å². The second kappa shape index (κ2) is 5.45. The summed E-state index contributed by atoms with van der Waals surface area (Å²) in [5, 5.41) is 10.6. The maximum Gasteiger partial charge on any atom is 0.122 e. The van der Waals surface area contributed by atoms with Gasteiger partial charge in [-0.1, -0.05) is 6.07 Å². The number of benzene rings is 1. The van der Waals surface area contributed by atoms with Crippen molar-refractivity contribution >= 4 is 0 Å². The van der Waals surface area contributed by atoms with Crippen molar-refractivity contribution in [2.75, 3.05) is 14.2 Å². The van der Waals surface area contributed by atoms with Gasteiger partial charge in [-0.2, -0.15) is 5.10 Å². The Balaban J connectivity index is 2.59. The third-order valence-electron chi connectivity index (χ3n) is 3.59. The predicted molar refractivity (Wildman–Crippen MR) is 77.6 cm³/mol. The lowest BCUT2D eigenvalue weighted by atomic mass is 9.95. The van der Waals surface area contributed by atoms with E-state index in [9.17, 15) is 0 Å². The third-order valence-corrected chi connectivity index (χ3v) is 3.59. The van der Waals surface area contributed by atoms with Gasteiger partial charge in [-0.15, -0.1) is 0 Å². The van der Waals surface area contributed by atoms with Gasteiger partial charge in [0.15, 0.2) is 0 Å². The molecular weight excluding hydrogens is 238 g/mol. The molecule has 1 heterocycles. The molecule has 0 saturated heterocycles. The molecule has 2 N–H and O–H groups in total. The van der Waals surface area contributed by atoms with Gasteiger partial charge in [0.05, 0.1) is 12.8 Å². The van der Waals surface area contributed by atoms with E-state index in [1.54, 1.807) is 7.11 Å². The minimum atomic E-state index is 0.754. The zero-order chi connectivity index (χ0) is 14.0. The standard InChI is InChI=1S/C15H21N3O/c1-9-10(2)14(19-5)7-6-12(9)15-11(3)17-18-13(15)8-16-4/h6-7,16H,8H2,1-5H3,(H,17,18). The van der Waals surface area contributed by atoms with Crippen LogP contribution in [-0.2, 0) is 6.54 Å². The molecule has 0 aliphatic carbocycles. The predicted octanol–water partition coefficient (Wildman–Crippen LogP) is 2.73. The summed E-state index contributed by atoms with van der Waals surface area (Å²) in [7, 11) is 3.64. The molecule has 19 heavy (non-hydrogen) atoms. The van der Waals surface area contributed by atoms with Crippen molar-refractivity contribution < 1.29 is 4.74 Å². The molecule has 0 amide bonds. The lowest BCUT2D eigenvalue weighted by Gasteiger charge is -2.13. The van der Waals surface area contributed by atoms with Crippen molar-refractivity contribution in [2.45, 2.75) is 27.3 Å². The zero-order valence-electron chi connectivity index (χ0n) is 12.2. The molecule has 0 spiro atoms. The van der Waals surface area contributed by atoms with E-state index in [2.05, 4.69) is 42.4 Å². The molecule has 4 nitrogen and oxygen atoms in total. The smallest absolute Gasteiger partial charge is 0.122 e. The van der Waals surface area contributed by atoms with Crippen LogP contribution in [0.2, 0.25) is 0 Å². The van der Waals surface area contributed by atoms with Gasteiger partial charge in [-0.3, -0.25) is 5.10 Å². The monoisotopic (exact) mass is 259 g/mol. The lowest BCUT2D eigenvalue weighted by Crippen LogP contribution is -2.07. The summed E-state index contributed by atoms with van der Waals surface area (Å²) in [4.78, 5) is 0. The second-order valence-corrected chi connectivity index (χ2v) is 4.77. The molecule has 1 aromatic carbocycles. The van der Waals surface area contributed by atoms with Crippen LogP contribution >= 0.6 is 0 Å². The van der Waals surface area contributed by atoms with E-state index in [1.807, 2.05) is 13.1 Å². The van der Waals surface area contributed by atoms with Gasteiger partial charge >= 0.3 is 0 Å². The van der Waals surface area contributed by atoms with E-state index >= 15 is 0 Å². The average Bonchev–Trinajstić information content (AvgIpc) is 2.75. The van der Waals surface area contributed by atoms with Gasteiger partial charge in [0, 0.05) is 17.8 Å². The molecule has 0 aliphatic heterocycles. The summed E-state index contributed by atoms with van der Waals surface area (Å²) in [5.41, 5.74) is 6.97. The van der Waals surface area contributed by atoms with Crippen LogP contribution in [0.3, 0.4) is 0 Å². The Morgan fingerprint density at radius 2 is 1.95 bits per heavy atom. The molecule has 0 unspecified atom stereocenters. The quantitative estimate of drug-likeness (QED) is 0.887. The first-order valence-electron chi connectivity index (χ1n) is 6.43. The summed E-state index contributed by atoms with van der Waals surface area (Å²) in [6, 6.07) is 4.13. The highest BCUT2D eigenvalue weighted by atomic mass is 16.5. The Bertz CT molecular complexity index is 587. The summed E-state index contributed by atoms with van der Waals surface area (Å²) < 4.78 is 5.37. The van der Waals surface area contributed by atoms with Gasteiger partial charge in [0.2, 0.25) is 0 Å². The van der Waals surface area contributed by atoms with Crippen molar-refractivity contribution in [3.63, 3.8) is 0 Å². The highest BCUT2D eigenvalue weighted by Gasteiger charge is 2.16. The average molecular weight is 259 g/mol. The van der Waals surface area contributed by atoms with E-state index in [-0.39, 0.29) is 0 Å². The molecule has 0 saturated carbocycles. The first kappa shape index (κ1) is 13.6. The molecule has 2 aromatic rings. The number of methoxy groups -OCH3 is 1. The minimum Gasteiger partial charge on any atom is -0.496 e. The highest BCUT2D eigenvalue weighted by molar-refractivity contribution is 5.74. The van der Waals surface area contributed by atoms with E-state index in [1.165, 1.54) is 22.3 Å². The number of hydrogen-bond acceptors (Lipinski definition) is 3. The number of rotatable bonds is 4. The third kappa shape index (κ3) is 2.36. The SMILES string of the molecule is CNCc1n[nH]c(C)c1-c1ccc(OC)c(C)c1C. The number of H-pyrrole nitrogens is 1. The van der Waals surface area contributed by atoms with E-state index < -0.39 is 0 Å². The van der Waals surface area contributed by atoms with Gasteiger partial charge < -0.3 is 10.1 Å². The molecular formula is C15H21N3O. The number of aromatic nitrogens is 2. The molecule has 0 atom stereocenters. The number of ether oxygens (including phenoxy) is 1.